The molecule has 2 fully saturated rings. The van der Waals surface area contributed by atoms with Crippen LogP contribution in [0, 0.1) is 11.8 Å². The largest absolute Gasteiger partial charge is 0.493 e. The highest BCUT2D eigenvalue weighted by molar-refractivity contribution is 6.32. The number of fused-ring (bicyclic) bond motifs is 1. The van der Waals surface area contributed by atoms with Gasteiger partial charge in [0.25, 0.3) is 11.8 Å². The third kappa shape index (κ3) is 2.71. The first kappa shape index (κ1) is 16.7. The van der Waals surface area contributed by atoms with Gasteiger partial charge in [-0.2, -0.15) is 0 Å². The number of hydrazine groups is 1. The van der Waals surface area contributed by atoms with Crippen LogP contribution in [0.25, 0.3) is 0 Å². The van der Waals surface area contributed by atoms with Gasteiger partial charge in [-0.3, -0.25) is 19.6 Å². The molecule has 2 aliphatic heterocycles. The molecule has 2 saturated heterocycles. The minimum atomic E-state index is -0.930. The molecule has 0 atom stereocenters. The zero-order chi connectivity index (χ0) is 17.3. The maximum absolute atomic E-state index is 12.8. The van der Waals surface area contributed by atoms with Gasteiger partial charge in [0.05, 0.1) is 11.6 Å². The Hall–Kier alpha value is -2.19. The molecule has 2 aliphatic rings. The minimum Gasteiger partial charge on any atom is -0.493 e. The number of halogens is 1. The van der Waals surface area contributed by atoms with Crippen LogP contribution >= 0.6 is 11.6 Å². The van der Waals surface area contributed by atoms with Gasteiger partial charge in [0, 0.05) is 24.2 Å². The molecule has 5 nitrogen and oxygen atoms in total. The first-order valence-electron chi connectivity index (χ1n) is 8.10. The average molecular weight is 347 g/mol. The number of hydrogen-bond acceptors (Lipinski definition) is 3. The van der Waals surface area contributed by atoms with E-state index in [4.69, 9.17) is 16.3 Å². The number of nitrogens with zero attached hydrogens (tertiary/aromatic N) is 2. The molecule has 0 aromatic heterocycles. The molecule has 0 unspecified atom stereocenters. The molecule has 0 saturated carbocycles. The molecule has 126 valence electrons. The number of amides is 2. The van der Waals surface area contributed by atoms with Crippen LogP contribution in [0.1, 0.15) is 43.7 Å². The van der Waals surface area contributed by atoms with Crippen molar-refractivity contribution in [2.24, 2.45) is 0 Å². The first-order chi connectivity index (χ1) is 11.6. The Morgan fingerprint density at radius 3 is 2.38 bits per heavy atom. The summed E-state index contributed by atoms with van der Waals surface area (Å²) >= 11 is 6.42. The van der Waals surface area contributed by atoms with Gasteiger partial charge >= 0.3 is 0 Å². The number of benzene rings is 1. The predicted octanol–water partition coefficient (Wildman–Crippen LogP) is 2.57. The van der Waals surface area contributed by atoms with E-state index in [9.17, 15) is 9.59 Å². The van der Waals surface area contributed by atoms with Crippen molar-refractivity contribution < 1.29 is 14.3 Å². The lowest BCUT2D eigenvalue weighted by molar-refractivity contribution is -0.150. The second-order valence-electron chi connectivity index (χ2n) is 5.74. The normalized spacial score (nSPS) is 17.6. The van der Waals surface area contributed by atoms with E-state index in [0.717, 1.165) is 12.8 Å². The number of rotatable bonds is 3. The van der Waals surface area contributed by atoms with E-state index in [1.54, 1.807) is 29.1 Å². The lowest BCUT2D eigenvalue weighted by Gasteiger charge is -2.31. The number of hydrogen-bond donors (Lipinski definition) is 0. The maximum atomic E-state index is 12.8. The van der Waals surface area contributed by atoms with Gasteiger partial charge in [-0.25, -0.2) is 0 Å². The van der Waals surface area contributed by atoms with Gasteiger partial charge in [-0.1, -0.05) is 17.5 Å². The van der Waals surface area contributed by atoms with Crippen LogP contribution in [0.5, 0.6) is 5.75 Å². The SMILES string of the molecule is CC#Cc1cc(Cl)c(C2C(=O)N3CCCCN3C2=O)c(OCC)c1. The van der Waals surface area contributed by atoms with Crippen molar-refractivity contribution in [1.29, 1.82) is 0 Å². The highest BCUT2D eigenvalue weighted by atomic mass is 35.5. The van der Waals surface area contributed by atoms with E-state index in [-0.39, 0.29) is 11.8 Å². The quantitative estimate of drug-likeness (QED) is 0.624. The monoisotopic (exact) mass is 346 g/mol. The van der Waals surface area contributed by atoms with E-state index >= 15 is 0 Å². The Morgan fingerprint density at radius 1 is 1.21 bits per heavy atom. The zero-order valence-electron chi connectivity index (χ0n) is 13.8. The molecule has 2 heterocycles. The van der Waals surface area contributed by atoms with Crippen LogP contribution in [0.2, 0.25) is 5.02 Å². The van der Waals surface area contributed by atoms with Crippen molar-refractivity contribution in [3.63, 3.8) is 0 Å². The molecule has 6 heteroatoms. The second-order valence-corrected chi connectivity index (χ2v) is 6.15. The molecule has 3 rings (SSSR count). The Balaban J connectivity index is 2.08. The summed E-state index contributed by atoms with van der Waals surface area (Å²) in [6, 6.07) is 3.43. The van der Waals surface area contributed by atoms with E-state index in [1.807, 2.05) is 6.92 Å². The summed E-state index contributed by atoms with van der Waals surface area (Å²) in [5.41, 5.74) is 1.15. The van der Waals surface area contributed by atoms with Crippen LogP contribution < -0.4 is 4.74 Å². The Bertz CT molecular complexity index is 727. The van der Waals surface area contributed by atoms with Crippen LogP contribution in [0.3, 0.4) is 0 Å². The topological polar surface area (TPSA) is 49.9 Å². The Kier molecular flexibility index (Phi) is 4.68. The molecule has 24 heavy (non-hydrogen) atoms. The lowest BCUT2D eigenvalue weighted by atomic mass is 9.95. The van der Waals surface area contributed by atoms with Crippen molar-refractivity contribution in [2.75, 3.05) is 19.7 Å². The van der Waals surface area contributed by atoms with Crippen LogP contribution in [-0.4, -0.2) is 41.5 Å². The van der Waals surface area contributed by atoms with Gasteiger partial charge in [0.2, 0.25) is 0 Å². The maximum Gasteiger partial charge on any atom is 0.258 e. The highest BCUT2D eigenvalue weighted by Gasteiger charge is 2.48. The second kappa shape index (κ2) is 6.74. The van der Waals surface area contributed by atoms with Crippen molar-refractivity contribution in [3.8, 4) is 17.6 Å². The van der Waals surface area contributed by atoms with Crippen LogP contribution in [0.15, 0.2) is 12.1 Å². The van der Waals surface area contributed by atoms with E-state index in [1.165, 1.54) is 0 Å². The average Bonchev–Trinajstić information content (AvgIpc) is 2.81. The molecule has 0 aliphatic carbocycles. The van der Waals surface area contributed by atoms with Crippen molar-refractivity contribution in [3.05, 3.63) is 28.3 Å². The van der Waals surface area contributed by atoms with Crippen LogP contribution in [0.4, 0.5) is 0 Å². The van der Waals surface area contributed by atoms with Gasteiger partial charge in [0.1, 0.15) is 5.75 Å². The van der Waals surface area contributed by atoms with E-state index in [2.05, 4.69) is 11.8 Å². The van der Waals surface area contributed by atoms with E-state index < -0.39 is 5.92 Å². The third-order valence-corrected chi connectivity index (χ3v) is 4.55. The predicted molar refractivity (Wildman–Crippen MR) is 90.6 cm³/mol. The molecular formula is C18H19ClN2O3. The summed E-state index contributed by atoms with van der Waals surface area (Å²) in [6.45, 7) is 5.14. The van der Waals surface area contributed by atoms with Gasteiger partial charge in [-0.05, 0) is 38.8 Å². The van der Waals surface area contributed by atoms with Gasteiger partial charge < -0.3 is 4.74 Å². The summed E-state index contributed by atoms with van der Waals surface area (Å²) in [5.74, 6) is 4.82. The Labute approximate surface area is 146 Å². The number of carbonyl (C=O) groups is 2. The molecule has 1 aromatic carbocycles. The minimum absolute atomic E-state index is 0.225. The number of ether oxygens (including phenoxy) is 1. The summed E-state index contributed by atoms with van der Waals surface area (Å²) in [6.07, 6.45) is 1.80. The molecule has 0 spiro atoms. The number of carbonyl (C=O) groups excluding carboxylic acids is 2. The molecule has 0 bridgehead atoms. The molecule has 1 aromatic rings. The lowest BCUT2D eigenvalue weighted by Crippen LogP contribution is -2.45. The van der Waals surface area contributed by atoms with Crippen LogP contribution in [-0.2, 0) is 9.59 Å². The fourth-order valence-electron chi connectivity index (χ4n) is 3.24. The first-order valence-corrected chi connectivity index (χ1v) is 8.48. The van der Waals surface area contributed by atoms with Crippen molar-refractivity contribution in [2.45, 2.75) is 32.6 Å². The third-order valence-electron chi connectivity index (χ3n) is 4.23. The molecule has 0 radical (unpaired) electrons. The summed E-state index contributed by atoms with van der Waals surface area (Å²) in [4.78, 5) is 25.6. The molecular weight excluding hydrogens is 328 g/mol. The molecule has 0 N–H and O–H groups in total. The summed E-state index contributed by atoms with van der Waals surface area (Å²) in [5, 5.41) is 3.43. The fourth-order valence-corrected chi connectivity index (χ4v) is 3.56. The smallest absolute Gasteiger partial charge is 0.258 e. The summed E-state index contributed by atoms with van der Waals surface area (Å²) < 4.78 is 5.67. The molecule has 2 amide bonds. The van der Waals surface area contributed by atoms with Gasteiger partial charge in [-0.15, -0.1) is 5.92 Å². The summed E-state index contributed by atoms with van der Waals surface area (Å²) in [7, 11) is 0. The zero-order valence-corrected chi connectivity index (χ0v) is 14.5. The fraction of sp³-hybridized carbons (Fsp3) is 0.444. The highest BCUT2D eigenvalue weighted by Crippen LogP contribution is 2.40. The van der Waals surface area contributed by atoms with Crippen molar-refractivity contribution >= 4 is 23.4 Å². The Morgan fingerprint density at radius 2 is 1.83 bits per heavy atom. The van der Waals surface area contributed by atoms with Crippen molar-refractivity contribution in [1.82, 2.24) is 10.0 Å². The van der Waals surface area contributed by atoms with E-state index in [0.29, 0.717) is 41.6 Å². The standard InChI is InChI=1S/C18H19ClN2O3/c1-3-7-12-10-13(19)15(14(11-12)24-4-2)16-17(22)20-8-5-6-9-21(20)18(16)23/h10-11,16H,4-6,8-9H2,1-2H3. The van der Waals surface area contributed by atoms with Gasteiger partial charge in [0.15, 0.2) is 5.92 Å².